The average molecular weight is 275 g/mol. The molecule has 0 nitrogen and oxygen atoms in total. The van der Waals surface area contributed by atoms with Gasteiger partial charge in [-0.15, -0.1) is 0 Å². The van der Waals surface area contributed by atoms with Crippen molar-refractivity contribution in [1.29, 1.82) is 0 Å². The van der Waals surface area contributed by atoms with Crippen molar-refractivity contribution in [3.63, 3.8) is 0 Å². The third kappa shape index (κ3) is 3.49. The van der Waals surface area contributed by atoms with Crippen LogP contribution in [0.15, 0.2) is 60.7 Å². The summed E-state index contributed by atoms with van der Waals surface area (Å²) in [6.07, 6.45) is 7.83. The normalized spacial score (nSPS) is 11.4. The molecular formula is C16H12Cl2. The van der Waals surface area contributed by atoms with Crippen molar-refractivity contribution in [3.8, 4) is 0 Å². The van der Waals surface area contributed by atoms with E-state index in [0.717, 1.165) is 11.1 Å². The summed E-state index contributed by atoms with van der Waals surface area (Å²) in [5.74, 6) is 0. The highest BCUT2D eigenvalue weighted by Gasteiger charge is 1.99. The number of halogens is 2. The Bertz CT molecular complexity index is 549. The molecule has 0 aliphatic carbocycles. The lowest BCUT2D eigenvalue weighted by Gasteiger charge is -1.99. The summed E-state index contributed by atoms with van der Waals surface area (Å²) in [7, 11) is 0. The van der Waals surface area contributed by atoms with Crippen LogP contribution in [0.25, 0.3) is 12.2 Å². The van der Waals surface area contributed by atoms with Gasteiger partial charge >= 0.3 is 0 Å². The van der Waals surface area contributed by atoms with Crippen LogP contribution in [0.3, 0.4) is 0 Å². The lowest BCUT2D eigenvalue weighted by molar-refractivity contribution is 1.65. The monoisotopic (exact) mass is 274 g/mol. The van der Waals surface area contributed by atoms with Crippen LogP contribution in [0.1, 0.15) is 11.1 Å². The van der Waals surface area contributed by atoms with Crippen LogP contribution in [0.4, 0.5) is 0 Å². The summed E-state index contributed by atoms with van der Waals surface area (Å²) < 4.78 is 0. The Kier molecular flexibility index (Phi) is 4.63. The molecule has 0 fully saturated rings. The fraction of sp³-hybridized carbons (Fsp3) is 0. The molecule has 0 bridgehead atoms. The van der Waals surface area contributed by atoms with Gasteiger partial charge in [-0.1, -0.05) is 83.9 Å². The summed E-state index contributed by atoms with van der Waals surface area (Å²) in [5.41, 5.74) is 2.01. The predicted octanol–water partition coefficient (Wildman–Crippen LogP) is 5.72. The van der Waals surface area contributed by atoms with Gasteiger partial charge in [-0.25, -0.2) is 0 Å². The van der Waals surface area contributed by atoms with Crippen LogP contribution in [0.5, 0.6) is 0 Å². The zero-order valence-electron chi connectivity index (χ0n) is 9.68. The molecule has 0 radical (unpaired) electrons. The molecule has 0 aliphatic heterocycles. The first-order valence-corrected chi connectivity index (χ1v) is 6.37. The van der Waals surface area contributed by atoms with E-state index < -0.39 is 0 Å². The largest absolute Gasteiger partial charge is 0.0836 e. The van der Waals surface area contributed by atoms with E-state index in [2.05, 4.69) is 0 Å². The molecule has 0 spiro atoms. The number of hydrogen-bond donors (Lipinski definition) is 0. The zero-order valence-corrected chi connectivity index (χ0v) is 11.2. The van der Waals surface area contributed by atoms with Gasteiger partial charge in [0.05, 0.1) is 0 Å². The molecule has 2 heteroatoms. The van der Waals surface area contributed by atoms with Crippen LogP contribution in [-0.2, 0) is 0 Å². The molecule has 0 atom stereocenters. The van der Waals surface area contributed by atoms with E-state index >= 15 is 0 Å². The number of rotatable bonds is 3. The minimum Gasteiger partial charge on any atom is -0.0836 e. The lowest BCUT2D eigenvalue weighted by atomic mass is 10.2. The van der Waals surface area contributed by atoms with Crippen LogP contribution in [0, 0.1) is 0 Å². The van der Waals surface area contributed by atoms with E-state index in [-0.39, 0.29) is 0 Å². The summed E-state index contributed by atoms with van der Waals surface area (Å²) in [5, 5.41) is 1.32. The topological polar surface area (TPSA) is 0 Å². The van der Waals surface area contributed by atoms with E-state index in [1.807, 2.05) is 72.8 Å². The Morgan fingerprint density at radius 2 is 1.28 bits per heavy atom. The minimum atomic E-state index is 0.659. The molecule has 0 N–H and O–H groups in total. The number of allylic oxidation sites excluding steroid dienone is 2. The van der Waals surface area contributed by atoms with Gasteiger partial charge in [0.15, 0.2) is 0 Å². The summed E-state index contributed by atoms with van der Waals surface area (Å²) in [6, 6.07) is 15.6. The fourth-order valence-corrected chi connectivity index (χ4v) is 2.08. The molecule has 0 saturated carbocycles. The summed E-state index contributed by atoms with van der Waals surface area (Å²) >= 11 is 12.1. The van der Waals surface area contributed by atoms with E-state index in [1.165, 1.54) is 0 Å². The highest BCUT2D eigenvalue weighted by atomic mass is 35.5. The van der Waals surface area contributed by atoms with Crippen LogP contribution in [-0.4, -0.2) is 0 Å². The van der Waals surface area contributed by atoms with E-state index in [9.17, 15) is 0 Å². The van der Waals surface area contributed by atoms with Crippen molar-refractivity contribution >= 4 is 35.4 Å². The summed E-state index contributed by atoms with van der Waals surface area (Å²) in [6.45, 7) is 0. The van der Waals surface area contributed by atoms with Gasteiger partial charge in [0.25, 0.3) is 0 Å². The van der Waals surface area contributed by atoms with Crippen LogP contribution >= 0.6 is 23.2 Å². The van der Waals surface area contributed by atoms with Crippen molar-refractivity contribution in [2.75, 3.05) is 0 Å². The van der Waals surface area contributed by atoms with Gasteiger partial charge in [-0.2, -0.15) is 0 Å². The first kappa shape index (κ1) is 12.9. The van der Waals surface area contributed by atoms with Gasteiger partial charge in [-0.05, 0) is 17.7 Å². The van der Waals surface area contributed by atoms with Crippen molar-refractivity contribution in [3.05, 3.63) is 81.9 Å². The van der Waals surface area contributed by atoms with Gasteiger partial charge in [-0.3, -0.25) is 0 Å². The Morgan fingerprint density at radius 3 is 1.94 bits per heavy atom. The Balaban J connectivity index is 2.11. The number of benzene rings is 2. The molecular weight excluding hydrogens is 263 g/mol. The lowest BCUT2D eigenvalue weighted by Crippen LogP contribution is -1.76. The molecule has 90 valence electrons. The number of hydrogen-bond acceptors (Lipinski definition) is 0. The molecule has 2 aromatic carbocycles. The molecule has 0 aliphatic rings. The van der Waals surface area contributed by atoms with E-state index in [1.54, 1.807) is 0 Å². The minimum absolute atomic E-state index is 0.659. The highest BCUT2D eigenvalue weighted by molar-refractivity contribution is 6.37. The van der Waals surface area contributed by atoms with E-state index in [4.69, 9.17) is 23.2 Å². The second-order valence-corrected chi connectivity index (χ2v) is 4.58. The van der Waals surface area contributed by atoms with E-state index in [0.29, 0.717) is 10.0 Å². The van der Waals surface area contributed by atoms with Crippen molar-refractivity contribution < 1.29 is 0 Å². The molecule has 2 aromatic rings. The standard InChI is InChI=1S/C16H12Cl2/c17-15-11-6-12-16(18)14(15)10-5-4-9-13-7-2-1-3-8-13/h1-12H/b9-4+,10-5+. The van der Waals surface area contributed by atoms with Gasteiger partial charge in [0.2, 0.25) is 0 Å². The van der Waals surface area contributed by atoms with Gasteiger partial charge < -0.3 is 0 Å². The summed E-state index contributed by atoms with van der Waals surface area (Å²) in [4.78, 5) is 0. The maximum absolute atomic E-state index is 6.07. The molecule has 2 rings (SSSR count). The SMILES string of the molecule is Clc1cccc(Cl)c1/C=C/C=C/c1ccccc1. The Hall–Kier alpha value is -1.50. The maximum atomic E-state index is 6.07. The third-order valence-electron chi connectivity index (χ3n) is 2.46. The quantitative estimate of drug-likeness (QED) is 0.628. The molecule has 0 amide bonds. The molecule has 0 aromatic heterocycles. The van der Waals surface area contributed by atoms with Gasteiger partial charge in [0.1, 0.15) is 0 Å². The molecule has 18 heavy (non-hydrogen) atoms. The Labute approximate surface area is 117 Å². The van der Waals surface area contributed by atoms with Crippen LogP contribution < -0.4 is 0 Å². The predicted molar refractivity (Wildman–Crippen MR) is 81.0 cm³/mol. The molecule has 0 unspecified atom stereocenters. The van der Waals surface area contributed by atoms with Crippen molar-refractivity contribution in [2.45, 2.75) is 0 Å². The highest BCUT2D eigenvalue weighted by Crippen LogP contribution is 2.25. The maximum Gasteiger partial charge on any atom is 0.0493 e. The molecule has 0 saturated heterocycles. The zero-order chi connectivity index (χ0) is 12.8. The second-order valence-electron chi connectivity index (χ2n) is 3.76. The third-order valence-corrected chi connectivity index (χ3v) is 3.12. The molecule has 0 heterocycles. The smallest absolute Gasteiger partial charge is 0.0493 e. The first-order valence-electron chi connectivity index (χ1n) is 5.61. The van der Waals surface area contributed by atoms with Crippen molar-refractivity contribution in [2.24, 2.45) is 0 Å². The fourth-order valence-electron chi connectivity index (χ4n) is 1.55. The van der Waals surface area contributed by atoms with Gasteiger partial charge in [0, 0.05) is 15.6 Å². The van der Waals surface area contributed by atoms with Crippen molar-refractivity contribution in [1.82, 2.24) is 0 Å². The van der Waals surface area contributed by atoms with Crippen LogP contribution in [0.2, 0.25) is 10.0 Å². The average Bonchev–Trinajstić information content (AvgIpc) is 2.38. The first-order chi connectivity index (χ1) is 8.77. The Morgan fingerprint density at radius 1 is 0.667 bits per heavy atom. The second kappa shape index (κ2) is 6.44.